The van der Waals surface area contributed by atoms with Gasteiger partial charge in [-0.3, -0.25) is 19.4 Å². The number of hydrogen-bond acceptors (Lipinski definition) is 9. The Morgan fingerprint density at radius 2 is 1.90 bits per heavy atom. The maximum absolute atomic E-state index is 13.0. The van der Waals surface area contributed by atoms with E-state index in [1.54, 1.807) is 19.2 Å². The Morgan fingerprint density at radius 1 is 1.07 bits per heavy atom. The number of aryl methyl sites for hydroxylation is 1. The first-order chi connectivity index (χ1) is 20.4. The van der Waals surface area contributed by atoms with Gasteiger partial charge in [0.2, 0.25) is 5.91 Å². The number of urea groups is 1. The number of aromatic nitrogens is 6. The summed E-state index contributed by atoms with van der Waals surface area (Å²) in [5.41, 5.74) is 4.00. The number of nitrogens with zero attached hydrogens (tertiary/aromatic N) is 8. The number of pyridine rings is 1. The van der Waals surface area contributed by atoms with Crippen molar-refractivity contribution < 1.29 is 14.4 Å². The van der Waals surface area contributed by atoms with E-state index in [0.29, 0.717) is 54.2 Å². The third-order valence-corrected chi connectivity index (χ3v) is 7.96. The fourth-order valence-electron chi connectivity index (χ4n) is 5.46. The van der Waals surface area contributed by atoms with Gasteiger partial charge < -0.3 is 15.0 Å². The number of carbonyl (C=O) groups is 3. The van der Waals surface area contributed by atoms with Crippen LogP contribution in [0.1, 0.15) is 60.8 Å². The highest BCUT2D eigenvalue weighted by Crippen LogP contribution is 2.46. The third kappa shape index (κ3) is 4.91. The SMILES string of the molecule is CCN1C(=O)CN(c2cc(C3CC3)cn3cc(CNc4cc(NC(=O)C5CC5c5nccc(C)n5)ncn4)nc23)C1=O. The monoisotopic (exact) mass is 566 g/mol. The quantitative estimate of drug-likeness (QED) is 0.291. The van der Waals surface area contributed by atoms with Gasteiger partial charge in [-0.2, -0.15) is 0 Å². The summed E-state index contributed by atoms with van der Waals surface area (Å²) < 4.78 is 1.93. The van der Waals surface area contributed by atoms with Crippen molar-refractivity contribution in [2.75, 3.05) is 28.6 Å². The highest BCUT2D eigenvalue weighted by atomic mass is 16.2. The van der Waals surface area contributed by atoms with Gasteiger partial charge in [-0.15, -0.1) is 0 Å². The summed E-state index contributed by atoms with van der Waals surface area (Å²) in [6.45, 7) is 4.40. The zero-order chi connectivity index (χ0) is 29.0. The molecule has 0 spiro atoms. The average molecular weight is 567 g/mol. The Balaban J connectivity index is 1.05. The minimum Gasteiger partial charge on any atom is -0.364 e. The number of likely N-dealkylation sites (N-methyl/N-ethyl adjacent to an activating group) is 1. The topological polar surface area (TPSA) is 151 Å². The van der Waals surface area contributed by atoms with Crippen molar-refractivity contribution in [1.82, 2.24) is 34.2 Å². The molecule has 7 rings (SSSR count). The van der Waals surface area contributed by atoms with E-state index in [1.165, 1.54) is 16.1 Å². The lowest BCUT2D eigenvalue weighted by atomic mass is 10.1. The number of nitrogens with one attached hydrogen (secondary N) is 2. The maximum Gasteiger partial charge on any atom is 0.331 e. The Hall–Kier alpha value is -4.94. The minimum absolute atomic E-state index is 0.00590. The molecule has 1 aliphatic heterocycles. The molecule has 42 heavy (non-hydrogen) atoms. The van der Waals surface area contributed by atoms with Gasteiger partial charge in [0.05, 0.1) is 17.9 Å². The van der Waals surface area contributed by atoms with Crippen molar-refractivity contribution in [3.8, 4) is 0 Å². The second-order valence-corrected chi connectivity index (χ2v) is 11.0. The largest absolute Gasteiger partial charge is 0.364 e. The van der Waals surface area contributed by atoms with E-state index >= 15 is 0 Å². The van der Waals surface area contributed by atoms with E-state index in [-0.39, 0.29) is 36.2 Å². The molecule has 2 unspecified atom stereocenters. The van der Waals surface area contributed by atoms with Crippen LogP contribution in [0.15, 0.2) is 43.1 Å². The van der Waals surface area contributed by atoms with Crippen molar-refractivity contribution >= 4 is 40.8 Å². The molecule has 2 atom stereocenters. The van der Waals surface area contributed by atoms with Crippen LogP contribution < -0.4 is 15.5 Å². The molecule has 2 saturated carbocycles. The highest BCUT2D eigenvalue weighted by Gasteiger charge is 2.46. The third-order valence-electron chi connectivity index (χ3n) is 7.96. The maximum atomic E-state index is 13.0. The Bertz CT molecular complexity index is 1730. The molecule has 2 aliphatic carbocycles. The number of rotatable bonds is 9. The molecule has 4 aromatic heterocycles. The molecule has 3 aliphatic rings. The minimum atomic E-state index is -0.320. The Labute approximate surface area is 241 Å². The predicted octanol–water partition coefficient (Wildman–Crippen LogP) is 3.24. The van der Waals surface area contributed by atoms with Crippen LogP contribution in [0.25, 0.3) is 5.65 Å². The standard InChI is InChI=1S/C29H30N10O3/c1-3-38-25(40)14-39(29(38)42)22-8-18(17-4-5-17)12-37-13-19(35-27(22)37)11-31-23-10-24(33-15-32-23)36-28(41)21-9-20(21)26-30-7-6-16(2)34-26/h6-8,10,12-13,15,17,20-21H,3-5,9,11,14H2,1-2H3,(H2,31,32,33,36,41). The summed E-state index contributed by atoms with van der Waals surface area (Å²) in [4.78, 5) is 63.1. The lowest BCUT2D eigenvalue weighted by Gasteiger charge is -2.18. The van der Waals surface area contributed by atoms with E-state index < -0.39 is 0 Å². The van der Waals surface area contributed by atoms with Crippen molar-refractivity contribution in [2.45, 2.75) is 51.5 Å². The summed E-state index contributed by atoms with van der Waals surface area (Å²) >= 11 is 0. The van der Waals surface area contributed by atoms with Crippen molar-refractivity contribution in [3.05, 3.63) is 65.9 Å². The van der Waals surface area contributed by atoms with Gasteiger partial charge in [-0.1, -0.05) is 0 Å². The average Bonchev–Trinajstić information content (AvgIpc) is 3.90. The lowest BCUT2D eigenvalue weighted by molar-refractivity contribution is -0.124. The van der Waals surface area contributed by atoms with E-state index in [4.69, 9.17) is 4.98 Å². The summed E-state index contributed by atoms with van der Waals surface area (Å²) in [6, 6.07) is 5.19. The zero-order valence-electron chi connectivity index (χ0n) is 23.3. The summed E-state index contributed by atoms with van der Waals surface area (Å²) in [5.74, 6) is 1.59. The smallest absolute Gasteiger partial charge is 0.331 e. The second kappa shape index (κ2) is 10.2. The Kier molecular flexibility index (Phi) is 6.29. The summed E-state index contributed by atoms with van der Waals surface area (Å²) in [5, 5.41) is 6.13. The molecule has 3 fully saturated rings. The number of amides is 4. The lowest BCUT2D eigenvalue weighted by Crippen LogP contribution is -2.33. The van der Waals surface area contributed by atoms with Gasteiger partial charge in [-0.25, -0.2) is 29.7 Å². The molecular formula is C29H30N10O3. The van der Waals surface area contributed by atoms with Gasteiger partial charge in [0.25, 0.3) is 5.91 Å². The van der Waals surface area contributed by atoms with Crippen molar-refractivity contribution in [2.24, 2.45) is 5.92 Å². The molecule has 5 heterocycles. The molecule has 4 aromatic rings. The molecule has 13 nitrogen and oxygen atoms in total. The second-order valence-electron chi connectivity index (χ2n) is 11.0. The molecule has 13 heteroatoms. The van der Waals surface area contributed by atoms with Crippen LogP contribution in [0.5, 0.6) is 0 Å². The first kappa shape index (κ1) is 26.0. The number of carbonyl (C=O) groups excluding carboxylic acids is 3. The first-order valence-corrected chi connectivity index (χ1v) is 14.2. The molecule has 0 bridgehead atoms. The van der Waals surface area contributed by atoms with Crippen molar-refractivity contribution in [3.63, 3.8) is 0 Å². The first-order valence-electron chi connectivity index (χ1n) is 14.2. The normalized spacial score (nSPS) is 20.0. The van der Waals surface area contributed by atoms with Gasteiger partial charge in [0.15, 0.2) is 5.65 Å². The van der Waals surface area contributed by atoms with E-state index in [2.05, 4.69) is 36.8 Å². The van der Waals surface area contributed by atoms with Crippen LogP contribution in [0.2, 0.25) is 0 Å². The van der Waals surface area contributed by atoms with Gasteiger partial charge in [0, 0.05) is 48.7 Å². The number of anilines is 3. The fourth-order valence-corrected chi connectivity index (χ4v) is 5.46. The molecular weight excluding hydrogens is 536 g/mol. The molecule has 2 N–H and O–H groups in total. The number of imide groups is 1. The predicted molar refractivity (Wildman–Crippen MR) is 153 cm³/mol. The van der Waals surface area contributed by atoms with Crippen LogP contribution in [0.3, 0.4) is 0 Å². The highest BCUT2D eigenvalue weighted by molar-refractivity contribution is 6.13. The number of imidazole rings is 1. The molecule has 4 amide bonds. The van der Waals surface area contributed by atoms with Gasteiger partial charge >= 0.3 is 6.03 Å². The molecule has 214 valence electrons. The van der Waals surface area contributed by atoms with Crippen LogP contribution in [0.4, 0.5) is 22.1 Å². The fraction of sp³-hybridized carbons (Fsp3) is 0.379. The van der Waals surface area contributed by atoms with E-state index in [0.717, 1.165) is 29.8 Å². The zero-order valence-corrected chi connectivity index (χ0v) is 23.3. The van der Waals surface area contributed by atoms with Crippen LogP contribution in [-0.2, 0) is 16.1 Å². The van der Waals surface area contributed by atoms with E-state index in [9.17, 15) is 14.4 Å². The molecule has 0 aromatic carbocycles. The van der Waals surface area contributed by atoms with Crippen LogP contribution in [-0.4, -0.2) is 65.2 Å². The molecule has 1 saturated heterocycles. The van der Waals surface area contributed by atoms with E-state index in [1.807, 2.05) is 29.7 Å². The molecule has 0 radical (unpaired) electrons. The number of fused-ring (bicyclic) bond motifs is 1. The summed E-state index contributed by atoms with van der Waals surface area (Å²) in [7, 11) is 0. The summed E-state index contributed by atoms with van der Waals surface area (Å²) in [6.07, 6.45) is 10.0. The van der Waals surface area contributed by atoms with Gasteiger partial charge in [0.1, 0.15) is 30.3 Å². The van der Waals surface area contributed by atoms with Crippen molar-refractivity contribution in [1.29, 1.82) is 0 Å². The Morgan fingerprint density at radius 3 is 2.67 bits per heavy atom. The van der Waals surface area contributed by atoms with Crippen LogP contribution >= 0.6 is 0 Å². The van der Waals surface area contributed by atoms with Gasteiger partial charge in [-0.05, 0) is 56.7 Å². The number of hydrogen-bond donors (Lipinski definition) is 2. The van der Waals surface area contributed by atoms with Crippen LogP contribution in [0, 0.1) is 12.8 Å².